The van der Waals surface area contributed by atoms with Crippen molar-refractivity contribution < 1.29 is 9.59 Å². The quantitative estimate of drug-likeness (QED) is 0.642. The minimum Gasteiger partial charge on any atom is -0.337 e. The van der Waals surface area contributed by atoms with Gasteiger partial charge in [0.05, 0.1) is 24.5 Å². The van der Waals surface area contributed by atoms with Crippen LogP contribution in [0.4, 0.5) is 0 Å². The number of hydrogen-bond donors (Lipinski definition) is 0. The highest BCUT2D eigenvalue weighted by Crippen LogP contribution is 2.25. The molecule has 2 fully saturated rings. The van der Waals surface area contributed by atoms with Crippen molar-refractivity contribution in [3.63, 3.8) is 0 Å². The standard InChI is InChI=1S/C21H23N7O2/c1-25-19(10-18(23-25)15-6-3-2-4-7-15)21(30)27-13-17(14-27)28-12-16(22-24-28)11-26-9-5-8-20(26)29/h2-4,6-7,10,12,17H,5,8-9,11,13-14H2,1H3. The Morgan fingerprint density at radius 3 is 2.73 bits per heavy atom. The van der Waals surface area contributed by atoms with Crippen molar-refractivity contribution in [3.8, 4) is 11.3 Å². The fourth-order valence-electron chi connectivity index (χ4n) is 4.00. The van der Waals surface area contributed by atoms with Crippen LogP contribution in [0, 0.1) is 0 Å². The molecule has 0 radical (unpaired) electrons. The molecule has 1 aromatic carbocycles. The summed E-state index contributed by atoms with van der Waals surface area (Å²) in [7, 11) is 1.79. The van der Waals surface area contributed by atoms with Gasteiger partial charge in [0.25, 0.3) is 5.91 Å². The minimum absolute atomic E-state index is 0.0357. The number of hydrogen-bond acceptors (Lipinski definition) is 5. The SMILES string of the molecule is Cn1nc(-c2ccccc2)cc1C(=O)N1CC(n2cc(CN3CCCC3=O)nn2)C1. The van der Waals surface area contributed by atoms with Gasteiger partial charge in [0.15, 0.2) is 0 Å². The number of carbonyl (C=O) groups is 2. The van der Waals surface area contributed by atoms with Crippen molar-refractivity contribution in [1.29, 1.82) is 0 Å². The average molecular weight is 405 g/mol. The number of aromatic nitrogens is 5. The molecule has 4 heterocycles. The Kier molecular flexibility index (Phi) is 4.57. The van der Waals surface area contributed by atoms with Gasteiger partial charge in [-0.2, -0.15) is 5.10 Å². The molecule has 2 aliphatic rings. The van der Waals surface area contributed by atoms with Crippen molar-refractivity contribution in [2.75, 3.05) is 19.6 Å². The monoisotopic (exact) mass is 405 g/mol. The van der Waals surface area contributed by atoms with Crippen LogP contribution in [-0.4, -0.2) is 66.0 Å². The molecule has 30 heavy (non-hydrogen) atoms. The lowest BCUT2D eigenvalue weighted by molar-refractivity contribution is -0.128. The van der Waals surface area contributed by atoms with E-state index in [0.29, 0.717) is 31.7 Å². The molecule has 9 nitrogen and oxygen atoms in total. The van der Waals surface area contributed by atoms with Crippen LogP contribution in [0.1, 0.15) is 35.1 Å². The van der Waals surface area contributed by atoms with Crippen LogP contribution in [0.15, 0.2) is 42.6 Å². The van der Waals surface area contributed by atoms with Gasteiger partial charge in [-0.3, -0.25) is 14.3 Å². The maximum atomic E-state index is 12.9. The third-order valence-corrected chi connectivity index (χ3v) is 5.77. The third-order valence-electron chi connectivity index (χ3n) is 5.77. The number of benzene rings is 1. The molecule has 5 rings (SSSR count). The van der Waals surface area contributed by atoms with Crippen molar-refractivity contribution in [1.82, 2.24) is 34.6 Å². The largest absolute Gasteiger partial charge is 0.337 e. The second kappa shape index (κ2) is 7.40. The van der Waals surface area contributed by atoms with Crippen LogP contribution in [-0.2, 0) is 18.4 Å². The normalized spacial score (nSPS) is 16.9. The summed E-state index contributed by atoms with van der Waals surface area (Å²) in [6.45, 7) is 2.45. The zero-order valence-electron chi connectivity index (χ0n) is 16.8. The first-order valence-corrected chi connectivity index (χ1v) is 10.2. The smallest absolute Gasteiger partial charge is 0.272 e. The molecule has 2 amide bonds. The number of likely N-dealkylation sites (tertiary alicyclic amines) is 2. The molecule has 0 unspecified atom stereocenters. The molecule has 0 spiro atoms. The van der Waals surface area contributed by atoms with E-state index in [1.165, 1.54) is 0 Å². The van der Waals surface area contributed by atoms with E-state index in [1.54, 1.807) is 21.3 Å². The van der Waals surface area contributed by atoms with E-state index in [1.807, 2.05) is 47.5 Å². The molecule has 9 heteroatoms. The predicted octanol–water partition coefficient (Wildman–Crippen LogP) is 1.50. The average Bonchev–Trinajstić information content (AvgIpc) is 3.43. The fourth-order valence-corrected chi connectivity index (χ4v) is 4.00. The van der Waals surface area contributed by atoms with Crippen LogP contribution >= 0.6 is 0 Å². The zero-order chi connectivity index (χ0) is 20.7. The Hall–Kier alpha value is -3.49. The second-order valence-electron chi connectivity index (χ2n) is 7.88. The van der Waals surface area contributed by atoms with Gasteiger partial charge in [-0.25, -0.2) is 4.68 Å². The predicted molar refractivity (Wildman–Crippen MR) is 108 cm³/mol. The van der Waals surface area contributed by atoms with Crippen LogP contribution in [0.25, 0.3) is 11.3 Å². The van der Waals surface area contributed by atoms with Gasteiger partial charge in [0, 0.05) is 38.7 Å². The summed E-state index contributed by atoms with van der Waals surface area (Å²) >= 11 is 0. The summed E-state index contributed by atoms with van der Waals surface area (Å²) < 4.78 is 3.44. The summed E-state index contributed by atoms with van der Waals surface area (Å²) in [5, 5.41) is 12.9. The number of amides is 2. The van der Waals surface area contributed by atoms with Crippen molar-refractivity contribution in [3.05, 3.63) is 54.0 Å². The van der Waals surface area contributed by atoms with Gasteiger partial charge in [-0.05, 0) is 12.5 Å². The molecule has 3 aromatic rings. The Labute approximate surface area is 173 Å². The van der Waals surface area contributed by atoms with E-state index in [4.69, 9.17) is 0 Å². The fraction of sp³-hybridized carbons (Fsp3) is 0.381. The van der Waals surface area contributed by atoms with Crippen molar-refractivity contribution in [2.24, 2.45) is 7.05 Å². The first-order valence-electron chi connectivity index (χ1n) is 10.2. The van der Waals surface area contributed by atoms with Gasteiger partial charge < -0.3 is 9.80 Å². The number of nitrogens with zero attached hydrogens (tertiary/aromatic N) is 7. The number of aryl methyl sites for hydroxylation is 1. The van der Waals surface area contributed by atoms with Gasteiger partial charge in [0.1, 0.15) is 11.4 Å². The first kappa shape index (κ1) is 18.5. The lowest BCUT2D eigenvalue weighted by Gasteiger charge is -2.38. The molecule has 0 N–H and O–H groups in total. The van der Waals surface area contributed by atoms with Crippen LogP contribution in [0.3, 0.4) is 0 Å². The van der Waals surface area contributed by atoms with Crippen LogP contribution in [0.5, 0.6) is 0 Å². The Morgan fingerprint density at radius 2 is 2.00 bits per heavy atom. The highest BCUT2D eigenvalue weighted by atomic mass is 16.2. The maximum absolute atomic E-state index is 12.9. The van der Waals surface area contributed by atoms with E-state index in [0.717, 1.165) is 29.9 Å². The van der Waals surface area contributed by atoms with Crippen molar-refractivity contribution in [2.45, 2.75) is 25.4 Å². The highest BCUT2D eigenvalue weighted by molar-refractivity contribution is 5.94. The number of rotatable bonds is 5. The summed E-state index contributed by atoms with van der Waals surface area (Å²) in [6, 6.07) is 11.8. The van der Waals surface area contributed by atoms with Gasteiger partial charge in [-0.1, -0.05) is 35.5 Å². The molecular formula is C21H23N7O2. The van der Waals surface area contributed by atoms with E-state index in [2.05, 4.69) is 15.4 Å². The van der Waals surface area contributed by atoms with Gasteiger partial charge in [0.2, 0.25) is 5.91 Å². The van der Waals surface area contributed by atoms with Crippen molar-refractivity contribution >= 4 is 11.8 Å². The topological polar surface area (TPSA) is 89.2 Å². The third kappa shape index (κ3) is 3.36. The molecule has 154 valence electrons. The van der Waals surface area contributed by atoms with Crippen LogP contribution < -0.4 is 0 Å². The summed E-state index contributed by atoms with van der Waals surface area (Å²) in [5.74, 6) is 0.141. The molecule has 0 saturated carbocycles. The molecule has 2 aromatic heterocycles. The first-order chi connectivity index (χ1) is 14.6. The maximum Gasteiger partial charge on any atom is 0.272 e. The zero-order valence-corrected chi connectivity index (χ0v) is 16.8. The van der Waals surface area contributed by atoms with Gasteiger partial charge >= 0.3 is 0 Å². The highest BCUT2D eigenvalue weighted by Gasteiger charge is 2.35. The van der Waals surface area contributed by atoms with E-state index < -0.39 is 0 Å². The Bertz CT molecular complexity index is 1080. The lowest BCUT2D eigenvalue weighted by atomic mass is 10.1. The second-order valence-corrected chi connectivity index (χ2v) is 7.88. The van der Waals surface area contributed by atoms with E-state index >= 15 is 0 Å². The Morgan fingerprint density at radius 1 is 1.20 bits per heavy atom. The van der Waals surface area contributed by atoms with Gasteiger partial charge in [-0.15, -0.1) is 5.10 Å². The van der Waals surface area contributed by atoms with E-state index in [-0.39, 0.29) is 17.9 Å². The van der Waals surface area contributed by atoms with Crippen LogP contribution in [0.2, 0.25) is 0 Å². The Balaban J connectivity index is 1.22. The number of carbonyl (C=O) groups excluding carboxylic acids is 2. The minimum atomic E-state index is -0.0357. The lowest BCUT2D eigenvalue weighted by Crippen LogP contribution is -2.51. The molecule has 2 aliphatic heterocycles. The molecule has 0 bridgehead atoms. The molecule has 2 saturated heterocycles. The van der Waals surface area contributed by atoms with E-state index in [9.17, 15) is 9.59 Å². The molecule has 0 aliphatic carbocycles. The summed E-state index contributed by atoms with van der Waals surface area (Å²) in [5.41, 5.74) is 3.13. The molecule has 0 atom stereocenters. The molecular weight excluding hydrogens is 382 g/mol. The summed E-state index contributed by atoms with van der Waals surface area (Å²) in [4.78, 5) is 28.3. The summed E-state index contributed by atoms with van der Waals surface area (Å²) in [6.07, 6.45) is 3.41.